The minimum atomic E-state index is -0.688. The van der Waals surface area contributed by atoms with Gasteiger partial charge in [0.1, 0.15) is 5.82 Å². The number of fused-ring (bicyclic) bond motifs is 1. The van der Waals surface area contributed by atoms with Crippen LogP contribution in [0.2, 0.25) is 0 Å². The number of aryl methyl sites for hydroxylation is 2. The molecule has 172 valence electrons. The van der Waals surface area contributed by atoms with E-state index in [0.717, 1.165) is 42.6 Å². The van der Waals surface area contributed by atoms with E-state index in [9.17, 15) is 14.0 Å². The molecule has 1 aliphatic carbocycles. The fourth-order valence-corrected chi connectivity index (χ4v) is 4.77. The van der Waals surface area contributed by atoms with E-state index in [1.165, 1.54) is 12.1 Å². The SMILES string of the molecule is C#CCNC(=O)c1cc2c(cc1F)/C(=C/c1[nH]c(C)cc1C)C(=O)N2CC1CCC(N)CC1. The van der Waals surface area contributed by atoms with Crippen LogP contribution >= 0.6 is 0 Å². The largest absolute Gasteiger partial charge is 0.359 e. The Bertz CT molecular complexity index is 1170. The lowest BCUT2D eigenvalue weighted by atomic mass is 9.86. The van der Waals surface area contributed by atoms with E-state index < -0.39 is 11.7 Å². The number of amides is 2. The summed E-state index contributed by atoms with van der Waals surface area (Å²) in [7, 11) is 0. The Morgan fingerprint density at radius 3 is 2.67 bits per heavy atom. The maximum absolute atomic E-state index is 15.0. The maximum Gasteiger partial charge on any atom is 0.259 e. The molecular formula is C26H29FN4O2. The van der Waals surface area contributed by atoms with Crippen molar-refractivity contribution in [2.75, 3.05) is 18.0 Å². The molecule has 1 aliphatic heterocycles. The van der Waals surface area contributed by atoms with Gasteiger partial charge in [0.05, 0.1) is 23.4 Å². The summed E-state index contributed by atoms with van der Waals surface area (Å²) in [5, 5.41) is 2.50. The first-order valence-electron chi connectivity index (χ1n) is 11.3. The maximum atomic E-state index is 15.0. The fraction of sp³-hybridized carbons (Fsp3) is 0.385. The molecule has 4 N–H and O–H groups in total. The average Bonchev–Trinajstić information content (AvgIpc) is 3.23. The zero-order chi connectivity index (χ0) is 23.7. The highest BCUT2D eigenvalue weighted by Gasteiger charge is 2.36. The molecule has 33 heavy (non-hydrogen) atoms. The predicted octanol–water partition coefficient (Wildman–Crippen LogP) is 3.54. The lowest BCUT2D eigenvalue weighted by Gasteiger charge is -2.30. The minimum Gasteiger partial charge on any atom is -0.359 e. The number of anilines is 1. The molecule has 0 spiro atoms. The number of rotatable bonds is 5. The van der Waals surface area contributed by atoms with Crippen molar-refractivity contribution in [2.24, 2.45) is 11.7 Å². The third kappa shape index (κ3) is 4.57. The molecule has 0 atom stereocenters. The minimum absolute atomic E-state index is 0.00304. The summed E-state index contributed by atoms with van der Waals surface area (Å²) in [4.78, 5) is 31.0. The van der Waals surface area contributed by atoms with E-state index in [1.54, 1.807) is 11.0 Å². The van der Waals surface area contributed by atoms with Gasteiger partial charge in [-0.05, 0) is 75.3 Å². The van der Waals surface area contributed by atoms with Crippen LogP contribution in [-0.4, -0.2) is 35.9 Å². The molecule has 2 aliphatic rings. The Kier molecular flexibility index (Phi) is 6.39. The number of hydrogen-bond donors (Lipinski definition) is 3. The monoisotopic (exact) mass is 448 g/mol. The van der Waals surface area contributed by atoms with Crippen LogP contribution in [0.3, 0.4) is 0 Å². The van der Waals surface area contributed by atoms with Gasteiger partial charge < -0.3 is 20.9 Å². The highest BCUT2D eigenvalue weighted by molar-refractivity contribution is 6.36. The zero-order valence-corrected chi connectivity index (χ0v) is 19.0. The van der Waals surface area contributed by atoms with Crippen LogP contribution in [-0.2, 0) is 4.79 Å². The molecule has 7 heteroatoms. The number of hydrogen-bond acceptors (Lipinski definition) is 3. The second-order valence-electron chi connectivity index (χ2n) is 9.04. The summed E-state index contributed by atoms with van der Waals surface area (Å²) in [6.45, 7) is 4.41. The van der Waals surface area contributed by atoms with Gasteiger partial charge in [-0.25, -0.2) is 4.39 Å². The van der Waals surface area contributed by atoms with Crippen molar-refractivity contribution in [1.29, 1.82) is 0 Å². The number of nitrogens with zero attached hydrogens (tertiary/aromatic N) is 1. The molecule has 1 fully saturated rings. The van der Waals surface area contributed by atoms with Gasteiger partial charge in [-0.1, -0.05) is 5.92 Å². The fourth-order valence-electron chi connectivity index (χ4n) is 4.77. The Labute approximate surface area is 193 Å². The van der Waals surface area contributed by atoms with E-state index in [-0.39, 0.29) is 24.1 Å². The molecule has 2 heterocycles. The van der Waals surface area contributed by atoms with Gasteiger partial charge in [0, 0.05) is 29.5 Å². The number of terminal acetylenes is 1. The molecule has 4 rings (SSSR count). The summed E-state index contributed by atoms with van der Waals surface area (Å²) < 4.78 is 15.0. The third-order valence-electron chi connectivity index (χ3n) is 6.55. The van der Waals surface area contributed by atoms with Gasteiger partial charge in [0.15, 0.2) is 0 Å². The van der Waals surface area contributed by atoms with E-state index in [1.807, 2.05) is 19.9 Å². The van der Waals surface area contributed by atoms with Crippen LogP contribution < -0.4 is 16.0 Å². The number of aromatic amines is 1. The van der Waals surface area contributed by atoms with Gasteiger partial charge in [-0.15, -0.1) is 6.42 Å². The van der Waals surface area contributed by atoms with E-state index in [4.69, 9.17) is 12.2 Å². The van der Waals surface area contributed by atoms with Crippen molar-refractivity contribution < 1.29 is 14.0 Å². The highest BCUT2D eigenvalue weighted by Crippen LogP contribution is 2.41. The third-order valence-corrected chi connectivity index (χ3v) is 6.55. The molecule has 1 saturated carbocycles. The number of nitrogens with two attached hydrogens (primary N) is 1. The van der Waals surface area contributed by atoms with Gasteiger partial charge >= 0.3 is 0 Å². The summed E-state index contributed by atoms with van der Waals surface area (Å²) in [5.41, 5.74) is 10.2. The number of nitrogens with one attached hydrogen (secondary N) is 2. The van der Waals surface area contributed by atoms with Crippen molar-refractivity contribution in [1.82, 2.24) is 10.3 Å². The van der Waals surface area contributed by atoms with Crippen molar-refractivity contribution in [3.63, 3.8) is 0 Å². The molecule has 0 unspecified atom stereocenters. The second-order valence-corrected chi connectivity index (χ2v) is 9.04. The Morgan fingerprint density at radius 1 is 1.30 bits per heavy atom. The number of aromatic nitrogens is 1. The quantitative estimate of drug-likeness (QED) is 0.483. The summed E-state index contributed by atoms with van der Waals surface area (Å²) >= 11 is 0. The van der Waals surface area contributed by atoms with Crippen LogP contribution in [0.25, 0.3) is 11.6 Å². The molecule has 2 amide bonds. The topological polar surface area (TPSA) is 91.2 Å². The van der Waals surface area contributed by atoms with Gasteiger partial charge in [0.2, 0.25) is 0 Å². The Hall–Kier alpha value is -3.37. The lowest BCUT2D eigenvalue weighted by Crippen LogP contribution is -2.36. The standard InChI is InChI=1S/C26H29FN4O2/c1-4-9-29-25(32)21-13-24-19(11-22(21)27)20(12-23-15(2)10-16(3)30-23)26(33)31(24)14-17-5-7-18(28)8-6-17/h1,10-13,17-18,30H,5-9,14,28H2,2-3H3,(H,29,32)/b20-12-. The van der Waals surface area contributed by atoms with Gasteiger partial charge in [-0.3, -0.25) is 9.59 Å². The van der Waals surface area contributed by atoms with Gasteiger partial charge in [-0.2, -0.15) is 0 Å². The van der Waals surface area contributed by atoms with Crippen LogP contribution in [0.5, 0.6) is 0 Å². The highest BCUT2D eigenvalue weighted by atomic mass is 19.1. The number of benzene rings is 1. The van der Waals surface area contributed by atoms with Crippen LogP contribution in [0.1, 0.15) is 58.6 Å². The Morgan fingerprint density at radius 2 is 2.03 bits per heavy atom. The molecular weight excluding hydrogens is 419 g/mol. The van der Waals surface area contributed by atoms with E-state index >= 15 is 0 Å². The molecule has 2 aromatic rings. The van der Waals surface area contributed by atoms with Crippen molar-refractivity contribution >= 4 is 29.2 Å². The van der Waals surface area contributed by atoms with Crippen molar-refractivity contribution in [2.45, 2.75) is 45.6 Å². The first-order valence-corrected chi connectivity index (χ1v) is 11.3. The van der Waals surface area contributed by atoms with Crippen molar-refractivity contribution in [3.05, 3.63) is 52.1 Å². The van der Waals surface area contributed by atoms with Gasteiger partial charge in [0.25, 0.3) is 11.8 Å². The number of carbonyl (C=O) groups excluding carboxylic acids is 2. The normalized spacial score (nSPS) is 21.2. The molecule has 1 aromatic heterocycles. The molecule has 0 saturated heterocycles. The number of halogens is 1. The van der Waals surface area contributed by atoms with Crippen LogP contribution in [0, 0.1) is 37.9 Å². The lowest BCUT2D eigenvalue weighted by molar-refractivity contribution is -0.113. The molecule has 6 nitrogen and oxygen atoms in total. The second kappa shape index (κ2) is 9.24. The molecule has 0 bridgehead atoms. The first-order chi connectivity index (χ1) is 15.8. The predicted molar refractivity (Wildman–Crippen MR) is 128 cm³/mol. The summed E-state index contributed by atoms with van der Waals surface area (Å²) in [6, 6.07) is 4.95. The summed E-state index contributed by atoms with van der Waals surface area (Å²) in [5.74, 6) is 1.14. The Balaban J connectivity index is 1.76. The van der Waals surface area contributed by atoms with E-state index in [0.29, 0.717) is 29.3 Å². The van der Waals surface area contributed by atoms with Crippen LogP contribution in [0.4, 0.5) is 10.1 Å². The smallest absolute Gasteiger partial charge is 0.259 e. The van der Waals surface area contributed by atoms with Crippen LogP contribution in [0.15, 0.2) is 18.2 Å². The number of H-pyrrole nitrogens is 1. The summed E-state index contributed by atoms with van der Waals surface area (Å²) in [6.07, 6.45) is 10.7. The first kappa shape index (κ1) is 22.8. The zero-order valence-electron chi connectivity index (χ0n) is 19.0. The average molecular weight is 449 g/mol. The molecule has 1 aromatic carbocycles. The number of carbonyl (C=O) groups is 2. The van der Waals surface area contributed by atoms with E-state index in [2.05, 4.69) is 16.2 Å². The van der Waals surface area contributed by atoms with Crippen molar-refractivity contribution in [3.8, 4) is 12.3 Å². The molecule has 0 radical (unpaired) electrons.